The molecule has 0 aromatic heterocycles. The van der Waals surface area contributed by atoms with Crippen LogP contribution in [0.4, 0.5) is 4.79 Å². The first-order chi connectivity index (χ1) is 25.2. The topological polar surface area (TPSA) is 128 Å². The molecule has 4 N–H and O–H groups in total. The van der Waals surface area contributed by atoms with E-state index in [1.54, 1.807) is 6.92 Å². The van der Waals surface area contributed by atoms with Gasteiger partial charge in [-0.05, 0) is 74.6 Å². The molecule has 4 rings (SSSR count). The number of alkyl carbamates (subject to hydrolysis) is 1. The Morgan fingerprint density at radius 2 is 1.50 bits per heavy atom. The van der Waals surface area contributed by atoms with E-state index >= 15 is 0 Å². The van der Waals surface area contributed by atoms with Crippen molar-refractivity contribution in [3.63, 3.8) is 0 Å². The van der Waals surface area contributed by atoms with Crippen molar-refractivity contribution < 1.29 is 29.3 Å². The molecular formula is C43H69ClN2O6. The van der Waals surface area contributed by atoms with E-state index in [4.69, 9.17) is 26.4 Å². The van der Waals surface area contributed by atoms with Crippen LogP contribution in [0.3, 0.4) is 0 Å². The number of amides is 2. The van der Waals surface area contributed by atoms with Gasteiger partial charge in [-0.25, -0.2) is 9.68 Å². The summed E-state index contributed by atoms with van der Waals surface area (Å²) in [7, 11) is 0. The van der Waals surface area contributed by atoms with Crippen molar-refractivity contribution in [2.24, 2.45) is 11.7 Å². The number of ether oxygens (including phenoxy) is 1. The molecule has 2 aliphatic carbocycles. The summed E-state index contributed by atoms with van der Waals surface area (Å²) in [6.45, 7) is 24.6. The van der Waals surface area contributed by atoms with E-state index in [9.17, 15) is 9.59 Å². The van der Waals surface area contributed by atoms with Gasteiger partial charge in [0.25, 0.3) is 0 Å². The standard InChI is InChI=1S/C21H21ClO.C7H13NO4.C6H10.3C2H6.C2H4.CH3NO/c1-16(23)18-7-5-17(6-8-18)15-21(13-3-2-4-14-21)19-9-11-20(22)12-10-19;9-7(8-3-4-12-10)11-5-6-1-2-6;1-3-5-6-4-2;4*1-2;2-1-3/h3,5-13H,2,4,14-15H2,1H3;6,10H,1-5H2,(H,8,9);3-4H2,1-2H3;3*1-2H3;1-2H2;1H,(H2,2,3). The Kier molecular flexibility index (Phi) is 42.1. The minimum Gasteiger partial charge on any atom is -0.449 e. The van der Waals surface area contributed by atoms with Crippen molar-refractivity contribution in [3.05, 3.63) is 95.6 Å². The molecule has 52 heavy (non-hydrogen) atoms. The number of primary amides is 1. The number of nitrogens with two attached hydrogens (primary N) is 1. The fourth-order valence-corrected chi connectivity index (χ4v) is 4.52. The lowest BCUT2D eigenvalue weighted by Crippen LogP contribution is -2.28. The summed E-state index contributed by atoms with van der Waals surface area (Å²) in [5, 5.41) is 11.1. The summed E-state index contributed by atoms with van der Waals surface area (Å²) in [4.78, 5) is 34.6. The van der Waals surface area contributed by atoms with Crippen LogP contribution in [0.25, 0.3) is 0 Å². The van der Waals surface area contributed by atoms with Gasteiger partial charge in [0, 0.05) is 35.4 Å². The van der Waals surface area contributed by atoms with Crippen molar-refractivity contribution >= 4 is 29.9 Å². The Balaban J connectivity index is -0.000000334. The fraction of sp³-hybridized carbons (Fsp3) is 0.512. The van der Waals surface area contributed by atoms with E-state index < -0.39 is 6.09 Å². The number of halogens is 1. The highest BCUT2D eigenvalue weighted by molar-refractivity contribution is 6.30. The predicted octanol–water partition coefficient (Wildman–Crippen LogP) is 11.2. The van der Waals surface area contributed by atoms with Crippen molar-refractivity contribution in [2.75, 3.05) is 19.8 Å². The zero-order valence-corrected chi connectivity index (χ0v) is 34.3. The van der Waals surface area contributed by atoms with Crippen LogP contribution in [0, 0.1) is 17.8 Å². The van der Waals surface area contributed by atoms with E-state index in [-0.39, 0.29) is 30.8 Å². The van der Waals surface area contributed by atoms with Gasteiger partial charge in [0.2, 0.25) is 6.41 Å². The molecule has 2 aliphatic rings. The number of nitrogens with one attached hydrogen (secondary N) is 1. The van der Waals surface area contributed by atoms with Crippen LogP contribution in [-0.2, 0) is 26.3 Å². The van der Waals surface area contributed by atoms with Gasteiger partial charge in [0.15, 0.2) is 5.78 Å². The van der Waals surface area contributed by atoms with Gasteiger partial charge < -0.3 is 15.8 Å². The average Bonchev–Trinajstić information content (AvgIpc) is 4.03. The van der Waals surface area contributed by atoms with E-state index in [0.29, 0.717) is 12.5 Å². The van der Waals surface area contributed by atoms with E-state index in [1.165, 1.54) is 17.5 Å². The maximum Gasteiger partial charge on any atom is 0.407 e. The van der Waals surface area contributed by atoms with Crippen molar-refractivity contribution in [2.45, 2.75) is 119 Å². The molecule has 1 fully saturated rings. The molecule has 9 heteroatoms. The summed E-state index contributed by atoms with van der Waals surface area (Å²) >= 11 is 6.05. The van der Waals surface area contributed by atoms with Gasteiger partial charge in [0.1, 0.15) is 0 Å². The predicted molar refractivity (Wildman–Crippen MR) is 221 cm³/mol. The molecule has 0 saturated heterocycles. The lowest BCUT2D eigenvalue weighted by atomic mass is 9.70. The molecule has 0 aliphatic heterocycles. The maximum absolute atomic E-state index is 11.4. The fourth-order valence-electron chi connectivity index (χ4n) is 4.40. The molecule has 294 valence electrons. The lowest BCUT2D eigenvalue weighted by Gasteiger charge is -2.34. The third kappa shape index (κ3) is 28.8. The van der Waals surface area contributed by atoms with Crippen LogP contribution in [0.2, 0.25) is 5.02 Å². The number of allylic oxidation sites excluding steroid dienone is 2. The minimum atomic E-state index is -0.445. The number of hydrogen-bond donors (Lipinski definition) is 3. The Morgan fingerprint density at radius 3 is 1.90 bits per heavy atom. The zero-order chi connectivity index (χ0) is 40.6. The highest BCUT2D eigenvalue weighted by Gasteiger charge is 2.31. The van der Waals surface area contributed by atoms with Crippen LogP contribution in [0.1, 0.15) is 129 Å². The van der Waals surface area contributed by atoms with E-state index in [2.05, 4.69) is 91.2 Å². The highest BCUT2D eigenvalue weighted by Crippen LogP contribution is 2.38. The van der Waals surface area contributed by atoms with Gasteiger partial charge in [-0.2, -0.15) is 0 Å². The summed E-state index contributed by atoms with van der Waals surface area (Å²) in [5.41, 5.74) is 7.54. The molecule has 0 heterocycles. The lowest BCUT2D eigenvalue weighted by molar-refractivity contribution is -0.240. The van der Waals surface area contributed by atoms with Crippen LogP contribution < -0.4 is 11.1 Å². The maximum atomic E-state index is 11.4. The van der Waals surface area contributed by atoms with Crippen molar-refractivity contribution in [3.8, 4) is 11.8 Å². The molecule has 2 aromatic rings. The largest absolute Gasteiger partial charge is 0.449 e. The Bertz CT molecular complexity index is 1210. The summed E-state index contributed by atoms with van der Waals surface area (Å²) in [5.74, 6) is 6.58. The van der Waals surface area contributed by atoms with Gasteiger partial charge in [-0.3, -0.25) is 14.8 Å². The third-order valence-corrected chi connectivity index (χ3v) is 7.07. The number of rotatable bonds is 9. The number of benzene rings is 2. The Morgan fingerprint density at radius 1 is 0.981 bits per heavy atom. The second kappa shape index (κ2) is 39.9. The molecule has 0 spiro atoms. The molecule has 1 atom stereocenters. The molecule has 1 unspecified atom stereocenters. The quantitative estimate of drug-likeness (QED) is 0.0446. The van der Waals surface area contributed by atoms with Gasteiger partial charge in [-0.15, -0.1) is 25.0 Å². The van der Waals surface area contributed by atoms with Gasteiger partial charge >= 0.3 is 6.09 Å². The van der Waals surface area contributed by atoms with Gasteiger partial charge in [0.05, 0.1) is 13.2 Å². The van der Waals surface area contributed by atoms with Crippen LogP contribution in [0.5, 0.6) is 0 Å². The number of hydrogen-bond acceptors (Lipinski definition) is 6. The van der Waals surface area contributed by atoms with E-state index in [1.807, 2.05) is 65.8 Å². The molecule has 0 bridgehead atoms. The Labute approximate surface area is 321 Å². The summed E-state index contributed by atoms with van der Waals surface area (Å²) in [6, 6.07) is 16.2. The number of Topliss-reactive ketones (excluding diaryl/α,β-unsaturated/α-hetero) is 1. The molecule has 0 radical (unpaired) electrons. The molecule has 8 nitrogen and oxygen atoms in total. The average molecular weight is 745 g/mol. The van der Waals surface area contributed by atoms with E-state index in [0.717, 1.165) is 55.5 Å². The first-order valence-electron chi connectivity index (χ1n) is 18.6. The summed E-state index contributed by atoms with van der Waals surface area (Å²) < 4.78 is 4.83. The first-order valence-corrected chi connectivity index (χ1v) is 18.9. The number of carbonyl (C=O) groups excluding carboxylic acids is 3. The molecule has 2 amide bonds. The second-order valence-electron chi connectivity index (χ2n) is 10.4. The van der Waals surface area contributed by atoms with Crippen molar-refractivity contribution in [1.82, 2.24) is 5.32 Å². The molecular weight excluding hydrogens is 676 g/mol. The second-order valence-corrected chi connectivity index (χ2v) is 10.8. The molecule has 2 aromatic carbocycles. The SMILES string of the molecule is C=C.CC.CC.CC.CC(=O)c1ccc(CC2(c3ccc(Cl)cc3)C=CCCC2)cc1.CCC#CCC.NC=O.O=C(NCCOO)OCC1CC1. The Hall–Kier alpha value is -3.90. The minimum absolute atomic E-state index is 0.0284. The highest BCUT2D eigenvalue weighted by atomic mass is 35.5. The third-order valence-electron chi connectivity index (χ3n) is 6.82. The monoisotopic (exact) mass is 744 g/mol. The smallest absolute Gasteiger partial charge is 0.407 e. The number of carbonyl (C=O) groups is 3. The normalized spacial score (nSPS) is 14.1. The van der Waals surface area contributed by atoms with Crippen LogP contribution in [-0.4, -0.2) is 43.3 Å². The molecule has 1 saturated carbocycles. The number of ketones is 1. The summed E-state index contributed by atoms with van der Waals surface area (Å²) in [6.07, 6.45) is 13.2. The zero-order valence-electron chi connectivity index (χ0n) is 33.6. The van der Waals surface area contributed by atoms with Crippen LogP contribution >= 0.6 is 11.6 Å². The van der Waals surface area contributed by atoms with Gasteiger partial charge in [-0.1, -0.05) is 116 Å². The van der Waals surface area contributed by atoms with Crippen molar-refractivity contribution in [1.29, 1.82) is 0 Å². The first kappa shape index (κ1) is 54.9. The van der Waals surface area contributed by atoms with Crippen LogP contribution in [0.15, 0.2) is 73.8 Å².